The summed E-state index contributed by atoms with van der Waals surface area (Å²) < 4.78 is 45.8. The molecule has 8 nitrogen and oxygen atoms in total. The lowest BCUT2D eigenvalue weighted by Gasteiger charge is -2.09. The summed E-state index contributed by atoms with van der Waals surface area (Å²) in [7, 11) is -2.62. The van der Waals surface area contributed by atoms with Crippen LogP contribution in [0.25, 0.3) is 0 Å². The Morgan fingerprint density at radius 1 is 1.15 bits per heavy atom. The van der Waals surface area contributed by atoms with E-state index in [0.717, 1.165) is 12.3 Å². The van der Waals surface area contributed by atoms with Gasteiger partial charge >= 0.3 is 0 Å². The van der Waals surface area contributed by atoms with Crippen LogP contribution in [0.2, 0.25) is 0 Å². The van der Waals surface area contributed by atoms with Gasteiger partial charge in [0.15, 0.2) is 5.03 Å². The standard InChI is InChI=1S/C17H15FN4O4S/c1-26-14-7-5-12(6-8-14)22-27(24,25)17-15(10-19-21-17)16(23)20-13-4-2-3-11(18)9-13/h2-10,22H,1H3,(H,19,21)(H,20,23). The molecule has 140 valence electrons. The van der Waals surface area contributed by atoms with E-state index in [0.29, 0.717) is 5.75 Å². The number of anilines is 2. The van der Waals surface area contributed by atoms with E-state index in [2.05, 4.69) is 20.2 Å². The van der Waals surface area contributed by atoms with Crippen molar-refractivity contribution in [2.24, 2.45) is 0 Å². The van der Waals surface area contributed by atoms with Crippen molar-refractivity contribution in [3.8, 4) is 5.75 Å². The highest BCUT2D eigenvalue weighted by molar-refractivity contribution is 7.92. The van der Waals surface area contributed by atoms with Gasteiger partial charge in [-0.3, -0.25) is 14.6 Å². The summed E-state index contributed by atoms with van der Waals surface area (Å²) in [6.07, 6.45) is 1.08. The normalized spacial score (nSPS) is 11.0. The van der Waals surface area contributed by atoms with Crippen LogP contribution in [-0.2, 0) is 10.0 Å². The SMILES string of the molecule is COc1ccc(NS(=O)(=O)c2[nH]ncc2C(=O)Nc2cccc(F)c2)cc1. The molecule has 1 amide bonds. The second-order valence-electron chi connectivity index (χ2n) is 5.41. The predicted octanol–water partition coefficient (Wildman–Crippen LogP) is 2.61. The summed E-state index contributed by atoms with van der Waals surface area (Å²) in [4.78, 5) is 12.4. The van der Waals surface area contributed by atoms with Gasteiger partial charge in [-0.2, -0.15) is 13.5 Å². The van der Waals surface area contributed by atoms with Gasteiger partial charge in [-0.05, 0) is 42.5 Å². The number of aromatic nitrogens is 2. The number of H-pyrrole nitrogens is 1. The largest absolute Gasteiger partial charge is 0.497 e. The van der Waals surface area contributed by atoms with Crippen LogP contribution in [0.5, 0.6) is 5.75 Å². The zero-order chi connectivity index (χ0) is 19.4. The molecule has 1 heterocycles. The monoisotopic (exact) mass is 390 g/mol. The molecule has 0 radical (unpaired) electrons. The van der Waals surface area contributed by atoms with E-state index in [1.807, 2.05) is 0 Å². The highest BCUT2D eigenvalue weighted by atomic mass is 32.2. The lowest BCUT2D eigenvalue weighted by molar-refractivity contribution is 0.102. The molecule has 0 atom stereocenters. The third-order valence-electron chi connectivity index (χ3n) is 3.54. The Labute approximate surface area is 154 Å². The quantitative estimate of drug-likeness (QED) is 0.599. The summed E-state index contributed by atoms with van der Waals surface area (Å²) in [5.74, 6) is -0.715. The maximum Gasteiger partial charge on any atom is 0.279 e. The third-order valence-corrected chi connectivity index (χ3v) is 4.90. The molecule has 0 saturated heterocycles. The van der Waals surface area contributed by atoms with Crippen LogP contribution in [0, 0.1) is 5.82 Å². The molecule has 0 aliphatic rings. The van der Waals surface area contributed by atoms with Crippen molar-refractivity contribution < 1.29 is 22.3 Å². The van der Waals surface area contributed by atoms with Crippen LogP contribution in [0.3, 0.4) is 0 Å². The van der Waals surface area contributed by atoms with Crippen molar-refractivity contribution in [3.05, 3.63) is 66.1 Å². The molecule has 3 N–H and O–H groups in total. The molecule has 0 aliphatic heterocycles. The molecule has 1 aromatic heterocycles. The number of methoxy groups -OCH3 is 1. The van der Waals surface area contributed by atoms with Gasteiger partial charge in [-0.15, -0.1) is 0 Å². The fourth-order valence-electron chi connectivity index (χ4n) is 2.27. The lowest BCUT2D eigenvalue weighted by Crippen LogP contribution is -2.19. The van der Waals surface area contributed by atoms with Crippen LogP contribution in [0.1, 0.15) is 10.4 Å². The zero-order valence-corrected chi connectivity index (χ0v) is 14.9. The van der Waals surface area contributed by atoms with Crippen molar-refractivity contribution in [1.82, 2.24) is 10.2 Å². The molecule has 2 aromatic carbocycles. The number of carbonyl (C=O) groups is 1. The Balaban J connectivity index is 1.82. The summed E-state index contributed by atoms with van der Waals surface area (Å²) in [6.45, 7) is 0. The molecule has 0 aliphatic carbocycles. The summed E-state index contributed by atoms with van der Waals surface area (Å²) in [6, 6.07) is 11.4. The van der Waals surface area contributed by atoms with Gasteiger partial charge < -0.3 is 10.1 Å². The van der Waals surface area contributed by atoms with Gasteiger partial charge in [0.2, 0.25) is 0 Å². The first-order valence-corrected chi connectivity index (χ1v) is 9.14. The molecule has 0 unspecified atom stereocenters. The van der Waals surface area contributed by atoms with Crippen molar-refractivity contribution in [1.29, 1.82) is 0 Å². The number of benzene rings is 2. The maximum atomic E-state index is 13.2. The molecule has 10 heteroatoms. The van der Waals surface area contributed by atoms with E-state index in [1.165, 1.54) is 37.4 Å². The number of aromatic amines is 1. The topological polar surface area (TPSA) is 113 Å². The Kier molecular flexibility index (Phi) is 5.08. The summed E-state index contributed by atoms with van der Waals surface area (Å²) >= 11 is 0. The van der Waals surface area contributed by atoms with Gasteiger partial charge in [0.05, 0.1) is 18.9 Å². The fourth-order valence-corrected chi connectivity index (χ4v) is 3.43. The number of carbonyl (C=O) groups excluding carboxylic acids is 1. The molecule has 0 fully saturated rings. The number of hydrogen-bond donors (Lipinski definition) is 3. The van der Waals surface area contributed by atoms with Crippen molar-refractivity contribution in [2.45, 2.75) is 5.03 Å². The highest BCUT2D eigenvalue weighted by Crippen LogP contribution is 2.21. The molecule has 0 spiro atoms. The Hall–Kier alpha value is -3.40. The number of ether oxygens (including phenoxy) is 1. The number of hydrogen-bond acceptors (Lipinski definition) is 5. The molecular weight excluding hydrogens is 375 g/mol. The molecule has 3 aromatic rings. The number of amides is 1. The predicted molar refractivity (Wildman–Crippen MR) is 96.7 cm³/mol. The van der Waals surface area contributed by atoms with Crippen LogP contribution < -0.4 is 14.8 Å². The van der Waals surface area contributed by atoms with E-state index in [1.54, 1.807) is 12.1 Å². The average molecular weight is 390 g/mol. The van der Waals surface area contributed by atoms with Crippen molar-refractivity contribution >= 4 is 27.3 Å². The number of sulfonamides is 1. The first-order chi connectivity index (χ1) is 12.9. The van der Waals surface area contributed by atoms with E-state index >= 15 is 0 Å². The second kappa shape index (κ2) is 7.46. The minimum absolute atomic E-state index is 0.188. The number of nitrogens with zero attached hydrogens (tertiary/aromatic N) is 1. The molecule has 27 heavy (non-hydrogen) atoms. The van der Waals surface area contributed by atoms with Crippen molar-refractivity contribution in [3.63, 3.8) is 0 Å². The number of rotatable bonds is 6. The van der Waals surface area contributed by atoms with Gasteiger partial charge in [0.1, 0.15) is 11.6 Å². The van der Waals surface area contributed by atoms with Gasteiger partial charge in [0.25, 0.3) is 15.9 Å². The Morgan fingerprint density at radius 3 is 2.56 bits per heavy atom. The molecular formula is C17H15FN4O4S. The van der Waals surface area contributed by atoms with Gasteiger partial charge in [0, 0.05) is 11.4 Å². The average Bonchev–Trinajstić information content (AvgIpc) is 3.13. The second-order valence-corrected chi connectivity index (χ2v) is 7.03. The van der Waals surface area contributed by atoms with Crippen LogP contribution in [0.4, 0.5) is 15.8 Å². The number of nitrogens with one attached hydrogen (secondary N) is 3. The summed E-state index contributed by atoms with van der Waals surface area (Å²) in [5, 5.41) is 7.96. The first-order valence-electron chi connectivity index (χ1n) is 7.66. The van der Waals surface area contributed by atoms with Crippen LogP contribution in [0.15, 0.2) is 59.8 Å². The maximum absolute atomic E-state index is 13.2. The third kappa shape index (κ3) is 4.23. The van der Waals surface area contributed by atoms with Gasteiger partial charge in [-0.25, -0.2) is 4.39 Å². The lowest BCUT2D eigenvalue weighted by atomic mass is 10.3. The molecule has 0 bridgehead atoms. The fraction of sp³-hybridized carbons (Fsp3) is 0.0588. The van der Waals surface area contributed by atoms with Gasteiger partial charge in [-0.1, -0.05) is 6.07 Å². The minimum atomic E-state index is -4.11. The van der Waals surface area contributed by atoms with E-state index in [-0.39, 0.29) is 16.9 Å². The Bertz CT molecular complexity index is 1060. The Morgan fingerprint density at radius 2 is 1.89 bits per heavy atom. The van der Waals surface area contributed by atoms with Crippen LogP contribution in [-0.4, -0.2) is 31.6 Å². The van der Waals surface area contributed by atoms with E-state index in [9.17, 15) is 17.6 Å². The number of halogens is 1. The summed E-state index contributed by atoms with van der Waals surface area (Å²) in [5.41, 5.74) is 0.259. The van der Waals surface area contributed by atoms with E-state index in [4.69, 9.17) is 4.74 Å². The zero-order valence-electron chi connectivity index (χ0n) is 14.1. The minimum Gasteiger partial charge on any atom is -0.497 e. The van der Waals surface area contributed by atoms with Crippen LogP contribution >= 0.6 is 0 Å². The highest BCUT2D eigenvalue weighted by Gasteiger charge is 2.25. The van der Waals surface area contributed by atoms with E-state index < -0.39 is 26.8 Å². The first kappa shape index (κ1) is 18.4. The molecule has 0 saturated carbocycles. The van der Waals surface area contributed by atoms with Crippen molar-refractivity contribution in [2.75, 3.05) is 17.1 Å². The smallest absolute Gasteiger partial charge is 0.279 e. The molecule has 3 rings (SSSR count).